The van der Waals surface area contributed by atoms with E-state index in [0.717, 1.165) is 31.4 Å². The first kappa shape index (κ1) is 38.2. The van der Waals surface area contributed by atoms with E-state index in [0.29, 0.717) is 112 Å². The van der Waals surface area contributed by atoms with Gasteiger partial charge in [0, 0.05) is 59.9 Å². The monoisotopic (exact) mass is 740 g/mol. The van der Waals surface area contributed by atoms with E-state index in [-0.39, 0.29) is 32.1 Å². The molecule has 0 saturated heterocycles. The van der Waals surface area contributed by atoms with Gasteiger partial charge in [-0.25, -0.2) is 0 Å². The van der Waals surface area contributed by atoms with Gasteiger partial charge in [-0.05, 0) is 116 Å². The van der Waals surface area contributed by atoms with Gasteiger partial charge in [-0.1, -0.05) is 0 Å². The molecule has 10 bridgehead atoms. The van der Waals surface area contributed by atoms with E-state index in [9.17, 15) is 24.0 Å². The van der Waals surface area contributed by atoms with Crippen molar-refractivity contribution in [3.8, 4) is 28.7 Å². The fourth-order valence-corrected chi connectivity index (χ4v) is 7.90. The minimum Gasteiger partial charge on any atom is -0.496 e. The third kappa shape index (κ3) is 7.62. The standard InChI is InChI=1S/C45H40O10/c1-51-41-31-6-26(21-46)7-32(41)17-34-9-28(23-48)11-36(43(34)53-3)19-38-13-30(25-50)15-40(45(38)55-5)20-39-14-29(24-49)12-37(44(39)54-4)18-35-10-27(22-47)8-33(16-31)42(35)52-2/h6-15,21-25H,16-20H2,1-5H3. The maximum absolute atomic E-state index is 12.4. The lowest BCUT2D eigenvalue weighted by molar-refractivity contribution is 0.111. The lowest BCUT2D eigenvalue weighted by Gasteiger charge is -2.22. The molecular weight excluding hydrogens is 700 g/mol. The Morgan fingerprint density at radius 2 is 0.418 bits per heavy atom. The van der Waals surface area contributed by atoms with Gasteiger partial charge in [0.1, 0.15) is 60.2 Å². The molecule has 0 atom stereocenters. The number of ether oxygens (including phenoxy) is 5. The third-order valence-electron chi connectivity index (χ3n) is 9.93. The Morgan fingerprint density at radius 1 is 0.291 bits per heavy atom. The van der Waals surface area contributed by atoms with Crippen molar-refractivity contribution in [2.75, 3.05) is 35.5 Å². The zero-order valence-electron chi connectivity index (χ0n) is 31.3. The Morgan fingerprint density at radius 3 is 0.509 bits per heavy atom. The van der Waals surface area contributed by atoms with Gasteiger partial charge in [0.2, 0.25) is 0 Å². The van der Waals surface area contributed by atoms with E-state index in [2.05, 4.69) is 0 Å². The molecule has 0 amide bonds. The van der Waals surface area contributed by atoms with Crippen molar-refractivity contribution in [2.24, 2.45) is 0 Å². The minimum atomic E-state index is 0.233. The highest BCUT2D eigenvalue weighted by Gasteiger charge is 2.24. The fraction of sp³-hybridized carbons (Fsp3) is 0.222. The number of hydrogen-bond acceptors (Lipinski definition) is 10. The summed E-state index contributed by atoms with van der Waals surface area (Å²) in [7, 11) is 7.73. The average molecular weight is 741 g/mol. The Hall–Kier alpha value is -6.55. The Kier molecular flexibility index (Phi) is 11.5. The molecule has 10 heteroatoms. The van der Waals surface area contributed by atoms with Crippen molar-refractivity contribution >= 4 is 31.4 Å². The van der Waals surface area contributed by atoms with Gasteiger partial charge in [-0.15, -0.1) is 0 Å². The minimum absolute atomic E-state index is 0.233. The molecule has 0 spiro atoms. The van der Waals surface area contributed by atoms with Gasteiger partial charge < -0.3 is 23.7 Å². The summed E-state index contributed by atoms with van der Waals surface area (Å²) >= 11 is 0. The summed E-state index contributed by atoms with van der Waals surface area (Å²) in [4.78, 5) is 61.9. The molecule has 5 aromatic rings. The van der Waals surface area contributed by atoms with Crippen molar-refractivity contribution in [3.63, 3.8) is 0 Å². The molecule has 1 aliphatic rings. The Labute approximate surface area is 319 Å². The predicted molar refractivity (Wildman–Crippen MR) is 206 cm³/mol. The van der Waals surface area contributed by atoms with Gasteiger partial charge in [0.05, 0.1) is 35.5 Å². The van der Waals surface area contributed by atoms with E-state index in [4.69, 9.17) is 23.7 Å². The highest BCUT2D eigenvalue weighted by molar-refractivity contribution is 5.81. The maximum Gasteiger partial charge on any atom is 0.150 e. The zero-order valence-corrected chi connectivity index (χ0v) is 31.3. The molecule has 0 heterocycles. The Bertz CT molecular complexity index is 1840. The first-order chi connectivity index (χ1) is 26.7. The van der Waals surface area contributed by atoms with E-state index in [1.54, 1.807) is 96.2 Å². The summed E-state index contributed by atoms with van der Waals surface area (Å²) in [6.45, 7) is 0. The number of hydrogen-bond donors (Lipinski definition) is 0. The van der Waals surface area contributed by atoms with Crippen LogP contribution >= 0.6 is 0 Å². The molecule has 0 saturated carbocycles. The van der Waals surface area contributed by atoms with Crippen molar-refractivity contribution in [2.45, 2.75) is 32.1 Å². The number of fused-ring (bicyclic) bond motifs is 10. The van der Waals surface area contributed by atoms with Gasteiger partial charge in [-0.2, -0.15) is 0 Å². The molecule has 0 unspecified atom stereocenters. The third-order valence-corrected chi connectivity index (χ3v) is 9.93. The van der Waals surface area contributed by atoms with Crippen LogP contribution < -0.4 is 23.7 Å². The van der Waals surface area contributed by atoms with Crippen LogP contribution in [0.25, 0.3) is 0 Å². The molecule has 1 aliphatic carbocycles. The SMILES string of the molecule is COc1c2cc(C=O)cc1Cc1cc(C=O)cc(c1OC)Cc1cc(C=O)cc(c1OC)Cc1cc(C=O)cc(c1OC)Cc1cc(C=O)cc(c1OC)C2. The zero-order chi connectivity index (χ0) is 39.2. The highest BCUT2D eigenvalue weighted by Crippen LogP contribution is 2.40. The quantitative estimate of drug-likeness (QED) is 0.135. The molecule has 0 aliphatic heterocycles. The van der Waals surface area contributed by atoms with Crippen molar-refractivity contribution < 1.29 is 47.7 Å². The summed E-state index contributed by atoms with van der Waals surface area (Å²) < 4.78 is 30.1. The summed E-state index contributed by atoms with van der Waals surface area (Å²) in [5, 5.41) is 0. The van der Waals surface area contributed by atoms with E-state index in [1.165, 1.54) is 0 Å². The molecule has 0 N–H and O–H groups in total. The normalized spacial score (nSPS) is 12.1. The molecule has 6 rings (SSSR count). The number of carbonyl (C=O) groups excluding carboxylic acids is 5. The molecule has 0 radical (unpaired) electrons. The number of rotatable bonds is 10. The molecule has 5 aromatic carbocycles. The number of benzene rings is 5. The van der Waals surface area contributed by atoms with Gasteiger partial charge in [0.25, 0.3) is 0 Å². The van der Waals surface area contributed by atoms with Crippen LogP contribution in [0, 0.1) is 0 Å². The second-order valence-corrected chi connectivity index (χ2v) is 13.3. The van der Waals surface area contributed by atoms with Crippen LogP contribution in [0.4, 0.5) is 0 Å². The summed E-state index contributed by atoms with van der Waals surface area (Å²) in [6, 6.07) is 17.4. The van der Waals surface area contributed by atoms with Crippen LogP contribution in [0.5, 0.6) is 28.7 Å². The van der Waals surface area contributed by atoms with Gasteiger partial charge in [-0.3, -0.25) is 24.0 Å². The number of methoxy groups -OCH3 is 5. The molecule has 0 fully saturated rings. The molecule has 55 heavy (non-hydrogen) atoms. The fourth-order valence-electron chi connectivity index (χ4n) is 7.90. The molecular formula is C45H40O10. The van der Waals surface area contributed by atoms with Crippen LogP contribution in [0.3, 0.4) is 0 Å². The van der Waals surface area contributed by atoms with Gasteiger partial charge >= 0.3 is 0 Å². The summed E-state index contributed by atoms with van der Waals surface area (Å²) in [5.41, 5.74) is 8.66. The molecule has 0 aromatic heterocycles. The summed E-state index contributed by atoms with van der Waals surface area (Å²) in [5.74, 6) is 2.55. The lowest BCUT2D eigenvalue weighted by atomic mass is 9.88. The second-order valence-electron chi connectivity index (χ2n) is 13.3. The maximum atomic E-state index is 12.4. The van der Waals surface area contributed by atoms with E-state index >= 15 is 0 Å². The first-order valence-electron chi connectivity index (χ1n) is 17.5. The largest absolute Gasteiger partial charge is 0.496 e. The first-order valence-corrected chi connectivity index (χ1v) is 17.5. The van der Waals surface area contributed by atoms with Crippen molar-refractivity contribution in [1.82, 2.24) is 0 Å². The molecule has 10 nitrogen and oxygen atoms in total. The topological polar surface area (TPSA) is 132 Å². The highest BCUT2D eigenvalue weighted by atomic mass is 16.5. The summed E-state index contributed by atoms with van der Waals surface area (Å²) in [6.07, 6.45) is 4.95. The molecule has 280 valence electrons. The smallest absolute Gasteiger partial charge is 0.150 e. The van der Waals surface area contributed by atoms with Crippen LogP contribution in [0.2, 0.25) is 0 Å². The number of carbonyl (C=O) groups is 5. The average Bonchev–Trinajstić information content (AvgIpc) is 3.19. The van der Waals surface area contributed by atoms with E-state index in [1.807, 2.05) is 0 Å². The van der Waals surface area contributed by atoms with Crippen molar-refractivity contribution in [1.29, 1.82) is 0 Å². The van der Waals surface area contributed by atoms with Gasteiger partial charge in [0.15, 0.2) is 0 Å². The van der Waals surface area contributed by atoms with Crippen LogP contribution in [-0.4, -0.2) is 67.0 Å². The number of aldehydes is 5. The second kappa shape index (κ2) is 16.6. The van der Waals surface area contributed by atoms with E-state index < -0.39 is 0 Å². The van der Waals surface area contributed by atoms with Crippen LogP contribution in [0.15, 0.2) is 60.7 Å². The lowest BCUT2D eigenvalue weighted by Crippen LogP contribution is -2.08. The van der Waals surface area contributed by atoms with Crippen LogP contribution in [0.1, 0.15) is 107 Å². The van der Waals surface area contributed by atoms with Crippen LogP contribution in [-0.2, 0) is 32.1 Å². The van der Waals surface area contributed by atoms with Crippen molar-refractivity contribution in [3.05, 3.63) is 144 Å². The Balaban J connectivity index is 1.72. The predicted octanol–water partition coefficient (Wildman–Crippen LogP) is 7.06.